The Morgan fingerprint density at radius 2 is 2.00 bits per heavy atom. The van der Waals surface area contributed by atoms with Gasteiger partial charge in [0.1, 0.15) is 0 Å². The van der Waals surface area contributed by atoms with Crippen LogP contribution >= 0.6 is 22.9 Å². The largest absolute Gasteiger partial charge is 0.350 e. The first kappa shape index (κ1) is 17.0. The molecule has 0 atom stereocenters. The van der Waals surface area contributed by atoms with Crippen molar-refractivity contribution in [2.75, 3.05) is 13.1 Å². The molecule has 1 aromatic heterocycles. The molecule has 0 bridgehead atoms. The summed E-state index contributed by atoms with van der Waals surface area (Å²) in [6.45, 7) is 2.22. The van der Waals surface area contributed by atoms with Gasteiger partial charge in [0.2, 0.25) is 10.0 Å². The Balaban J connectivity index is 1.84. The van der Waals surface area contributed by atoms with Crippen LogP contribution in [0.2, 0.25) is 5.02 Å². The lowest BCUT2D eigenvalue weighted by Gasteiger charge is -2.07. The van der Waals surface area contributed by atoms with Crippen molar-refractivity contribution in [3.8, 4) is 0 Å². The van der Waals surface area contributed by atoms with Crippen LogP contribution in [0.25, 0.3) is 0 Å². The van der Waals surface area contributed by atoms with E-state index in [0.29, 0.717) is 9.90 Å². The van der Waals surface area contributed by atoms with Gasteiger partial charge in [-0.05, 0) is 37.3 Å². The summed E-state index contributed by atoms with van der Waals surface area (Å²) in [5, 5.41) is 3.02. The lowest BCUT2D eigenvalue weighted by molar-refractivity contribution is 0.0958. The number of rotatable bonds is 6. The number of hydrogen-bond donors (Lipinski definition) is 2. The highest BCUT2D eigenvalue weighted by Crippen LogP contribution is 2.15. The van der Waals surface area contributed by atoms with Gasteiger partial charge in [-0.2, -0.15) is 0 Å². The minimum Gasteiger partial charge on any atom is -0.350 e. The average molecular weight is 359 g/mol. The molecule has 22 heavy (non-hydrogen) atoms. The van der Waals surface area contributed by atoms with E-state index in [9.17, 15) is 13.2 Å². The van der Waals surface area contributed by atoms with E-state index in [4.69, 9.17) is 11.6 Å². The maximum absolute atomic E-state index is 12.0. The molecular weight excluding hydrogens is 344 g/mol. The summed E-state index contributed by atoms with van der Waals surface area (Å²) in [5.41, 5.74) is 0. The first-order valence-electron chi connectivity index (χ1n) is 6.48. The SMILES string of the molecule is Cc1ccc(C(=O)NCCNS(=O)(=O)c2cccc(Cl)c2)s1. The smallest absolute Gasteiger partial charge is 0.261 e. The lowest BCUT2D eigenvalue weighted by Crippen LogP contribution is -2.34. The van der Waals surface area contributed by atoms with Crippen molar-refractivity contribution in [2.24, 2.45) is 0 Å². The summed E-state index contributed by atoms with van der Waals surface area (Å²) in [4.78, 5) is 13.6. The molecule has 0 saturated carbocycles. The zero-order chi connectivity index (χ0) is 16.2. The Morgan fingerprint density at radius 1 is 1.23 bits per heavy atom. The summed E-state index contributed by atoms with van der Waals surface area (Å²) >= 11 is 7.17. The summed E-state index contributed by atoms with van der Waals surface area (Å²) in [6, 6.07) is 9.60. The minimum atomic E-state index is -3.62. The normalized spacial score (nSPS) is 11.4. The van der Waals surface area contributed by atoms with E-state index in [2.05, 4.69) is 10.0 Å². The van der Waals surface area contributed by atoms with Crippen molar-refractivity contribution in [3.63, 3.8) is 0 Å². The average Bonchev–Trinajstić information content (AvgIpc) is 2.90. The van der Waals surface area contributed by atoms with Gasteiger partial charge < -0.3 is 5.32 Å². The maximum Gasteiger partial charge on any atom is 0.261 e. The van der Waals surface area contributed by atoms with Crippen molar-refractivity contribution in [1.29, 1.82) is 0 Å². The van der Waals surface area contributed by atoms with Crippen LogP contribution in [0.4, 0.5) is 0 Å². The van der Waals surface area contributed by atoms with Crippen LogP contribution in [0.15, 0.2) is 41.3 Å². The van der Waals surface area contributed by atoms with E-state index in [1.807, 2.05) is 13.0 Å². The van der Waals surface area contributed by atoms with E-state index in [-0.39, 0.29) is 23.9 Å². The zero-order valence-electron chi connectivity index (χ0n) is 11.8. The summed E-state index contributed by atoms with van der Waals surface area (Å²) < 4.78 is 26.5. The van der Waals surface area contributed by atoms with Gasteiger partial charge in [-0.3, -0.25) is 4.79 Å². The summed E-state index contributed by atoms with van der Waals surface area (Å²) in [7, 11) is -3.62. The van der Waals surface area contributed by atoms with Crippen LogP contribution in [0.3, 0.4) is 0 Å². The predicted molar refractivity (Wildman–Crippen MR) is 88.0 cm³/mol. The second-order valence-electron chi connectivity index (χ2n) is 4.52. The molecule has 118 valence electrons. The van der Waals surface area contributed by atoms with Crippen molar-refractivity contribution < 1.29 is 13.2 Å². The van der Waals surface area contributed by atoms with Gasteiger partial charge in [-0.1, -0.05) is 17.7 Å². The number of sulfonamides is 1. The molecule has 5 nitrogen and oxygen atoms in total. The number of amides is 1. The Morgan fingerprint density at radius 3 is 2.64 bits per heavy atom. The molecule has 0 radical (unpaired) electrons. The number of benzene rings is 1. The third-order valence-electron chi connectivity index (χ3n) is 2.77. The fourth-order valence-corrected chi connectivity index (χ4v) is 3.84. The van der Waals surface area contributed by atoms with Gasteiger partial charge in [-0.15, -0.1) is 11.3 Å². The topological polar surface area (TPSA) is 75.3 Å². The highest BCUT2D eigenvalue weighted by Gasteiger charge is 2.14. The highest BCUT2D eigenvalue weighted by atomic mass is 35.5. The third-order valence-corrected chi connectivity index (χ3v) is 5.47. The van der Waals surface area contributed by atoms with Gasteiger partial charge >= 0.3 is 0 Å². The van der Waals surface area contributed by atoms with E-state index in [1.54, 1.807) is 18.2 Å². The van der Waals surface area contributed by atoms with Crippen LogP contribution in [-0.2, 0) is 10.0 Å². The Hall–Kier alpha value is -1.41. The Bertz CT molecular complexity index is 772. The minimum absolute atomic E-state index is 0.0974. The quantitative estimate of drug-likeness (QED) is 0.779. The van der Waals surface area contributed by atoms with Crippen LogP contribution < -0.4 is 10.0 Å². The molecule has 8 heteroatoms. The second-order valence-corrected chi connectivity index (χ2v) is 8.01. The van der Waals surface area contributed by atoms with Crippen molar-refractivity contribution >= 4 is 38.9 Å². The lowest BCUT2D eigenvalue weighted by atomic mass is 10.4. The number of hydrogen-bond acceptors (Lipinski definition) is 4. The number of halogens is 1. The Labute approximate surface area is 138 Å². The van der Waals surface area contributed by atoms with Gasteiger partial charge in [0, 0.05) is 23.0 Å². The number of nitrogens with one attached hydrogen (secondary N) is 2. The van der Waals surface area contributed by atoms with Crippen LogP contribution in [0, 0.1) is 6.92 Å². The zero-order valence-corrected chi connectivity index (χ0v) is 14.2. The molecule has 1 aromatic carbocycles. The number of carbonyl (C=O) groups is 1. The molecule has 1 amide bonds. The highest BCUT2D eigenvalue weighted by molar-refractivity contribution is 7.89. The molecule has 0 aliphatic heterocycles. The van der Waals surface area contributed by atoms with E-state index in [1.165, 1.54) is 23.5 Å². The number of carbonyl (C=O) groups excluding carboxylic acids is 1. The van der Waals surface area contributed by atoms with Crippen LogP contribution in [0.1, 0.15) is 14.5 Å². The van der Waals surface area contributed by atoms with E-state index in [0.717, 1.165) is 4.88 Å². The Kier molecular flexibility index (Phi) is 5.57. The molecule has 0 saturated heterocycles. The fraction of sp³-hybridized carbons (Fsp3) is 0.214. The number of aryl methyl sites for hydroxylation is 1. The molecule has 2 aromatic rings. The van der Waals surface area contributed by atoms with Gasteiger partial charge in [0.05, 0.1) is 9.77 Å². The third kappa shape index (κ3) is 4.54. The predicted octanol–water partition coefficient (Wildman–Crippen LogP) is 2.42. The fourth-order valence-electron chi connectivity index (χ4n) is 1.72. The van der Waals surface area contributed by atoms with Gasteiger partial charge in [0.15, 0.2) is 0 Å². The number of thiophene rings is 1. The summed E-state index contributed by atoms with van der Waals surface area (Å²) in [6.07, 6.45) is 0. The van der Waals surface area contributed by atoms with Crippen molar-refractivity contribution in [2.45, 2.75) is 11.8 Å². The molecule has 0 aliphatic rings. The van der Waals surface area contributed by atoms with Crippen LogP contribution in [0.5, 0.6) is 0 Å². The molecule has 1 heterocycles. The van der Waals surface area contributed by atoms with Gasteiger partial charge in [-0.25, -0.2) is 13.1 Å². The molecule has 0 spiro atoms. The molecular formula is C14H15ClN2O3S2. The van der Waals surface area contributed by atoms with E-state index < -0.39 is 10.0 Å². The molecule has 0 fully saturated rings. The molecule has 2 rings (SSSR count). The standard InChI is InChI=1S/C14H15ClN2O3S2/c1-10-5-6-13(21-10)14(18)16-7-8-17-22(19,20)12-4-2-3-11(15)9-12/h2-6,9,17H,7-8H2,1H3,(H,16,18). The summed E-state index contributed by atoms with van der Waals surface area (Å²) in [5.74, 6) is -0.208. The van der Waals surface area contributed by atoms with Gasteiger partial charge in [0.25, 0.3) is 5.91 Å². The molecule has 2 N–H and O–H groups in total. The first-order valence-corrected chi connectivity index (χ1v) is 9.16. The second kappa shape index (κ2) is 7.23. The van der Waals surface area contributed by atoms with E-state index >= 15 is 0 Å². The maximum atomic E-state index is 12.0. The van der Waals surface area contributed by atoms with Crippen molar-refractivity contribution in [3.05, 3.63) is 51.2 Å². The van der Waals surface area contributed by atoms with Crippen LogP contribution in [-0.4, -0.2) is 27.4 Å². The molecule has 0 unspecified atom stereocenters. The molecule has 0 aliphatic carbocycles. The first-order chi connectivity index (χ1) is 10.4. The van der Waals surface area contributed by atoms with Crippen molar-refractivity contribution in [1.82, 2.24) is 10.0 Å². The monoisotopic (exact) mass is 358 g/mol.